The molecule has 0 atom stereocenters. The Morgan fingerprint density at radius 2 is 2.19 bits per heavy atom. The average Bonchev–Trinajstić information content (AvgIpc) is 2.26. The van der Waals surface area contributed by atoms with Crippen LogP contribution in [0.25, 0.3) is 6.08 Å². The van der Waals surface area contributed by atoms with Gasteiger partial charge in [-0.2, -0.15) is 0 Å². The molecule has 4 heteroatoms. The van der Waals surface area contributed by atoms with E-state index in [1.54, 1.807) is 13.2 Å². The van der Waals surface area contributed by atoms with Crippen molar-refractivity contribution in [2.75, 3.05) is 20.3 Å². The summed E-state index contributed by atoms with van der Waals surface area (Å²) in [6.07, 6.45) is 3.50. The second-order valence-electron chi connectivity index (χ2n) is 3.05. The summed E-state index contributed by atoms with van der Waals surface area (Å²) >= 11 is 3.42. The zero-order chi connectivity index (χ0) is 12.0. The molecule has 88 valence electrons. The van der Waals surface area contributed by atoms with Crippen molar-refractivity contribution >= 4 is 22.0 Å². The Hall–Kier alpha value is -1.00. The quantitative estimate of drug-likeness (QED) is 0.905. The summed E-state index contributed by atoms with van der Waals surface area (Å²) in [4.78, 5) is 0. The number of ether oxygens (including phenoxy) is 2. The lowest BCUT2D eigenvalue weighted by atomic mass is 10.2. The molecular formula is C12H15BrO3. The second-order valence-corrected chi connectivity index (χ2v) is 3.91. The summed E-state index contributed by atoms with van der Waals surface area (Å²) in [6, 6.07) is 3.78. The van der Waals surface area contributed by atoms with Crippen LogP contribution >= 0.6 is 15.9 Å². The van der Waals surface area contributed by atoms with Crippen LogP contribution in [0.4, 0.5) is 0 Å². The van der Waals surface area contributed by atoms with E-state index in [9.17, 15) is 0 Å². The first-order valence-electron chi connectivity index (χ1n) is 5.00. The van der Waals surface area contributed by atoms with E-state index in [1.165, 1.54) is 0 Å². The van der Waals surface area contributed by atoms with Gasteiger partial charge in [-0.15, -0.1) is 0 Å². The standard InChI is InChI=1S/C12H15BrO3/c1-3-16-11-8-9(5-4-6-14)7-10(13)12(11)15-2/h4-5,7-8,14H,3,6H2,1-2H3. The molecule has 0 aromatic heterocycles. The van der Waals surface area contributed by atoms with E-state index in [4.69, 9.17) is 14.6 Å². The fourth-order valence-electron chi connectivity index (χ4n) is 1.33. The van der Waals surface area contributed by atoms with Crippen LogP contribution in [0.5, 0.6) is 11.5 Å². The van der Waals surface area contributed by atoms with Gasteiger partial charge in [0.25, 0.3) is 0 Å². The normalized spacial score (nSPS) is 10.8. The van der Waals surface area contributed by atoms with Gasteiger partial charge in [-0.3, -0.25) is 0 Å². The van der Waals surface area contributed by atoms with Gasteiger partial charge in [0.1, 0.15) is 0 Å². The van der Waals surface area contributed by atoms with Crippen molar-refractivity contribution in [3.05, 3.63) is 28.2 Å². The molecular weight excluding hydrogens is 272 g/mol. The number of aliphatic hydroxyl groups excluding tert-OH is 1. The summed E-state index contributed by atoms with van der Waals surface area (Å²) in [5, 5.41) is 8.72. The molecule has 0 aliphatic carbocycles. The van der Waals surface area contributed by atoms with E-state index in [1.807, 2.05) is 25.1 Å². The molecule has 16 heavy (non-hydrogen) atoms. The number of rotatable bonds is 5. The predicted octanol–water partition coefficient (Wildman–Crippen LogP) is 2.86. The molecule has 1 rings (SSSR count). The minimum absolute atomic E-state index is 0.0214. The molecule has 0 amide bonds. The molecule has 0 aliphatic rings. The fraction of sp³-hybridized carbons (Fsp3) is 0.333. The van der Waals surface area contributed by atoms with Crippen LogP contribution in [-0.2, 0) is 0 Å². The first-order valence-corrected chi connectivity index (χ1v) is 5.80. The van der Waals surface area contributed by atoms with Crippen LogP contribution in [-0.4, -0.2) is 25.4 Å². The molecule has 0 radical (unpaired) electrons. The van der Waals surface area contributed by atoms with Crippen molar-refractivity contribution in [2.24, 2.45) is 0 Å². The Morgan fingerprint density at radius 1 is 1.44 bits per heavy atom. The molecule has 0 aliphatic heterocycles. The monoisotopic (exact) mass is 286 g/mol. The second kappa shape index (κ2) is 6.55. The summed E-state index contributed by atoms with van der Waals surface area (Å²) in [5.74, 6) is 1.37. The van der Waals surface area contributed by atoms with Gasteiger partial charge in [0.15, 0.2) is 11.5 Å². The van der Waals surface area contributed by atoms with Crippen molar-refractivity contribution < 1.29 is 14.6 Å². The maximum absolute atomic E-state index is 8.72. The van der Waals surface area contributed by atoms with Crippen molar-refractivity contribution in [3.63, 3.8) is 0 Å². The van der Waals surface area contributed by atoms with E-state index >= 15 is 0 Å². The molecule has 0 heterocycles. The van der Waals surface area contributed by atoms with Gasteiger partial charge in [0.05, 0.1) is 24.8 Å². The smallest absolute Gasteiger partial charge is 0.174 e. The number of halogens is 1. The highest BCUT2D eigenvalue weighted by molar-refractivity contribution is 9.10. The van der Waals surface area contributed by atoms with Crippen LogP contribution in [0, 0.1) is 0 Å². The van der Waals surface area contributed by atoms with Crippen molar-refractivity contribution in [1.82, 2.24) is 0 Å². The lowest BCUT2D eigenvalue weighted by Crippen LogP contribution is -1.96. The zero-order valence-corrected chi connectivity index (χ0v) is 11.0. The van der Waals surface area contributed by atoms with Crippen LogP contribution in [0.2, 0.25) is 0 Å². The largest absolute Gasteiger partial charge is 0.492 e. The van der Waals surface area contributed by atoms with E-state index < -0.39 is 0 Å². The predicted molar refractivity (Wildman–Crippen MR) is 68.0 cm³/mol. The highest BCUT2D eigenvalue weighted by atomic mass is 79.9. The van der Waals surface area contributed by atoms with Crippen LogP contribution < -0.4 is 9.47 Å². The zero-order valence-electron chi connectivity index (χ0n) is 9.37. The SMILES string of the molecule is CCOc1cc(C=CCO)cc(Br)c1OC. The van der Waals surface area contributed by atoms with Crippen LogP contribution in [0.15, 0.2) is 22.7 Å². The van der Waals surface area contributed by atoms with Crippen LogP contribution in [0.1, 0.15) is 12.5 Å². The minimum Gasteiger partial charge on any atom is -0.492 e. The first-order chi connectivity index (χ1) is 7.72. The Labute approximate surface area is 104 Å². The summed E-state index contributed by atoms with van der Waals surface area (Å²) in [7, 11) is 1.60. The molecule has 1 N–H and O–H groups in total. The molecule has 0 saturated carbocycles. The Morgan fingerprint density at radius 3 is 2.75 bits per heavy atom. The summed E-state index contributed by atoms with van der Waals surface area (Å²) < 4.78 is 11.6. The molecule has 0 fully saturated rings. The number of hydrogen-bond acceptors (Lipinski definition) is 3. The third kappa shape index (κ3) is 3.25. The van der Waals surface area contributed by atoms with Crippen LogP contribution in [0.3, 0.4) is 0 Å². The van der Waals surface area contributed by atoms with Gasteiger partial charge in [0.2, 0.25) is 0 Å². The molecule has 1 aromatic rings. The Bertz CT molecular complexity index is 375. The van der Waals surface area contributed by atoms with E-state index in [0.29, 0.717) is 18.1 Å². The molecule has 0 spiro atoms. The molecule has 3 nitrogen and oxygen atoms in total. The first kappa shape index (κ1) is 13.1. The van der Waals surface area contributed by atoms with Gasteiger partial charge < -0.3 is 14.6 Å². The maximum Gasteiger partial charge on any atom is 0.174 e. The molecule has 0 saturated heterocycles. The molecule has 1 aromatic carbocycles. The lowest BCUT2D eigenvalue weighted by Gasteiger charge is -2.11. The topological polar surface area (TPSA) is 38.7 Å². The van der Waals surface area contributed by atoms with Gasteiger partial charge in [0, 0.05) is 0 Å². The number of methoxy groups -OCH3 is 1. The van der Waals surface area contributed by atoms with Crippen molar-refractivity contribution in [1.29, 1.82) is 0 Å². The minimum atomic E-state index is 0.0214. The lowest BCUT2D eigenvalue weighted by molar-refractivity contribution is 0.310. The third-order valence-electron chi connectivity index (χ3n) is 1.95. The molecule has 0 bridgehead atoms. The number of aliphatic hydroxyl groups is 1. The van der Waals surface area contributed by atoms with E-state index in [0.717, 1.165) is 10.0 Å². The van der Waals surface area contributed by atoms with E-state index in [-0.39, 0.29) is 6.61 Å². The number of hydrogen-bond donors (Lipinski definition) is 1. The summed E-state index contributed by atoms with van der Waals surface area (Å²) in [5.41, 5.74) is 0.949. The van der Waals surface area contributed by atoms with Crippen molar-refractivity contribution in [3.8, 4) is 11.5 Å². The highest BCUT2D eigenvalue weighted by Crippen LogP contribution is 2.36. The van der Waals surface area contributed by atoms with E-state index in [2.05, 4.69) is 15.9 Å². The fourth-order valence-corrected chi connectivity index (χ4v) is 1.96. The maximum atomic E-state index is 8.72. The third-order valence-corrected chi connectivity index (χ3v) is 2.54. The highest BCUT2D eigenvalue weighted by Gasteiger charge is 2.09. The van der Waals surface area contributed by atoms with Gasteiger partial charge >= 0.3 is 0 Å². The van der Waals surface area contributed by atoms with Gasteiger partial charge in [-0.1, -0.05) is 12.2 Å². The summed E-state index contributed by atoms with van der Waals surface area (Å²) in [6.45, 7) is 2.52. The van der Waals surface area contributed by atoms with Crippen molar-refractivity contribution in [2.45, 2.75) is 6.92 Å². The Kier molecular flexibility index (Phi) is 5.35. The van der Waals surface area contributed by atoms with Gasteiger partial charge in [-0.25, -0.2) is 0 Å². The average molecular weight is 287 g/mol. The molecule has 0 unspecified atom stereocenters. The van der Waals surface area contributed by atoms with Gasteiger partial charge in [-0.05, 0) is 40.5 Å². The number of benzene rings is 1. The Balaban J connectivity index is 3.11.